The molecule has 23 heavy (non-hydrogen) atoms. The summed E-state index contributed by atoms with van der Waals surface area (Å²) >= 11 is 0. The number of nitrogens with zero attached hydrogens (tertiary/aromatic N) is 5. The highest BCUT2D eigenvalue weighted by Gasteiger charge is 2.13. The highest BCUT2D eigenvalue weighted by atomic mass is 16.3. The largest absolute Gasteiger partial charge is 0.483 e. The molecule has 122 valence electrons. The number of rotatable bonds is 3. The third kappa shape index (κ3) is 3.39. The summed E-state index contributed by atoms with van der Waals surface area (Å²) in [5, 5.41) is 16.9. The van der Waals surface area contributed by atoms with Gasteiger partial charge in [-0.25, -0.2) is 4.98 Å². The first kappa shape index (κ1) is 16.7. The summed E-state index contributed by atoms with van der Waals surface area (Å²) in [6, 6.07) is 2.12. The van der Waals surface area contributed by atoms with Crippen molar-refractivity contribution in [2.75, 3.05) is 0 Å². The Balaban J connectivity index is 0.000000595. The lowest BCUT2D eigenvalue weighted by Crippen LogP contribution is -2.00. The molecule has 3 aromatic rings. The second-order valence-corrected chi connectivity index (χ2v) is 5.34. The van der Waals surface area contributed by atoms with Gasteiger partial charge < -0.3 is 5.11 Å². The van der Waals surface area contributed by atoms with Gasteiger partial charge in [-0.2, -0.15) is 10.2 Å². The fourth-order valence-electron chi connectivity index (χ4n) is 2.62. The number of fused-ring (bicyclic) bond motifs is 1. The first-order valence-electron chi connectivity index (χ1n) is 7.43. The second-order valence-electron chi connectivity index (χ2n) is 5.34. The summed E-state index contributed by atoms with van der Waals surface area (Å²) in [5.74, 6) is 0. The average Bonchev–Trinajstić information content (AvgIpc) is 3.05. The average molecular weight is 315 g/mol. The van der Waals surface area contributed by atoms with Gasteiger partial charge in [-0.1, -0.05) is 6.92 Å². The summed E-state index contributed by atoms with van der Waals surface area (Å²) in [4.78, 5) is 13.1. The van der Waals surface area contributed by atoms with Crippen LogP contribution in [0, 0.1) is 13.8 Å². The molecule has 1 N–H and O–H groups in total. The van der Waals surface area contributed by atoms with E-state index in [-0.39, 0.29) is 6.47 Å². The summed E-state index contributed by atoms with van der Waals surface area (Å²) in [6.45, 7) is 7.08. The Kier molecular flexibility index (Phi) is 5.10. The molecule has 3 aromatic heterocycles. The third-order valence-electron chi connectivity index (χ3n) is 3.60. The molecule has 0 radical (unpaired) electrons. The molecular formula is C16H21N5O2. The van der Waals surface area contributed by atoms with E-state index in [1.807, 2.05) is 19.4 Å². The van der Waals surface area contributed by atoms with Crippen LogP contribution in [0.5, 0.6) is 0 Å². The Hall–Kier alpha value is -2.70. The van der Waals surface area contributed by atoms with Gasteiger partial charge in [0.25, 0.3) is 6.47 Å². The number of hydrogen-bond donors (Lipinski definition) is 1. The van der Waals surface area contributed by atoms with Crippen LogP contribution < -0.4 is 0 Å². The van der Waals surface area contributed by atoms with Gasteiger partial charge in [0, 0.05) is 36.4 Å². The zero-order valence-corrected chi connectivity index (χ0v) is 13.8. The van der Waals surface area contributed by atoms with Gasteiger partial charge in [0.05, 0.1) is 11.9 Å². The Morgan fingerprint density at radius 3 is 2.61 bits per heavy atom. The van der Waals surface area contributed by atoms with Crippen molar-refractivity contribution >= 4 is 17.5 Å². The van der Waals surface area contributed by atoms with Crippen LogP contribution in [-0.4, -0.2) is 36.1 Å². The van der Waals surface area contributed by atoms with E-state index in [0.717, 1.165) is 29.9 Å². The van der Waals surface area contributed by atoms with Crippen LogP contribution in [-0.2, 0) is 18.4 Å². The van der Waals surface area contributed by atoms with E-state index in [9.17, 15) is 0 Å². The maximum Gasteiger partial charge on any atom is 0.290 e. The molecule has 0 aromatic carbocycles. The van der Waals surface area contributed by atoms with Gasteiger partial charge >= 0.3 is 0 Å². The normalized spacial score (nSPS) is 10.4. The van der Waals surface area contributed by atoms with Crippen LogP contribution in [0.3, 0.4) is 0 Å². The molecule has 3 rings (SSSR count). The number of hydrogen-bond acceptors (Lipinski definition) is 4. The molecule has 0 saturated carbocycles. The predicted octanol–water partition coefficient (Wildman–Crippen LogP) is 2.56. The fraction of sp³-hybridized carbons (Fsp3) is 0.375. The summed E-state index contributed by atoms with van der Waals surface area (Å²) in [6.07, 6.45) is 4.89. The highest BCUT2D eigenvalue weighted by molar-refractivity contribution is 5.84. The minimum Gasteiger partial charge on any atom is -0.483 e. The lowest BCUT2D eigenvalue weighted by molar-refractivity contribution is -0.122. The van der Waals surface area contributed by atoms with Crippen molar-refractivity contribution in [3.63, 3.8) is 0 Å². The van der Waals surface area contributed by atoms with E-state index in [4.69, 9.17) is 14.9 Å². The zero-order valence-electron chi connectivity index (χ0n) is 13.8. The Bertz CT molecular complexity index is 819. The first-order chi connectivity index (χ1) is 11.0. The molecule has 7 nitrogen and oxygen atoms in total. The lowest BCUT2D eigenvalue weighted by Gasteiger charge is -2.02. The topological polar surface area (TPSA) is 85.8 Å². The van der Waals surface area contributed by atoms with Crippen LogP contribution in [0.15, 0.2) is 18.5 Å². The number of aryl methyl sites for hydroxylation is 4. The molecule has 0 aliphatic carbocycles. The van der Waals surface area contributed by atoms with Crippen molar-refractivity contribution in [3.05, 3.63) is 29.7 Å². The summed E-state index contributed by atoms with van der Waals surface area (Å²) < 4.78 is 3.84. The molecule has 7 heteroatoms. The van der Waals surface area contributed by atoms with Crippen molar-refractivity contribution < 1.29 is 9.90 Å². The van der Waals surface area contributed by atoms with E-state index in [2.05, 4.69) is 41.7 Å². The van der Waals surface area contributed by atoms with Crippen molar-refractivity contribution in [1.29, 1.82) is 0 Å². The molecule has 0 aliphatic rings. The van der Waals surface area contributed by atoms with Gasteiger partial charge in [-0.05, 0) is 31.9 Å². The van der Waals surface area contributed by atoms with Gasteiger partial charge in [0.2, 0.25) is 0 Å². The van der Waals surface area contributed by atoms with E-state index in [0.29, 0.717) is 0 Å². The molecule has 0 fully saturated rings. The molecule has 0 bridgehead atoms. The fourth-order valence-corrected chi connectivity index (χ4v) is 2.62. The van der Waals surface area contributed by atoms with Crippen molar-refractivity contribution in [3.8, 4) is 11.3 Å². The van der Waals surface area contributed by atoms with Crippen molar-refractivity contribution in [1.82, 2.24) is 24.5 Å². The minimum absolute atomic E-state index is 0.250. The predicted molar refractivity (Wildman–Crippen MR) is 88.2 cm³/mol. The van der Waals surface area contributed by atoms with Crippen molar-refractivity contribution in [2.24, 2.45) is 7.05 Å². The molecular weight excluding hydrogens is 294 g/mol. The smallest absolute Gasteiger partial charge is 0.290 e. The third-order valence-corrected chi connectivity index (χ3v) is 3.60. The summed E-state index contributed by atoms with van der Waals surface area (Å²) in [5.41, 5.74) is 5.21. The van der Waals surface area contributed by atoms with Crippen molar-refractivity contribution in [2.45, 2.75) is 33.7 Å². The maximum atomic E-state index is 8.36. The lowest BCUT2D eigenvalue weighted by atomic mass is 10.1. The van der Waals surface area contributed by atoms with Gasteiger partial charge in [0.1, 0.15) is 0 Å². The van der Waals surface area contributed by atoms with E-state index in [1.54, 1.807) is 4.68 Å². The highest BCUT2D eigenvalue weighted by Crippen LogP contribution is 2.26. The number of carboxylic acid groups (broad SMARTS) is 1. The SMILES string of the molecule is CCCn1nc2nc(-c3cnn(C)c3)cc(C)c2c1C.O=CO. The zero-order chi connectivity index (χ0) is 17.0. The molecule has 3 heterocycles. The Labute approximate surface area is 134 Å². The van der Waals surface area contributed by atoms with E-state index in [1.165, 1.54) is 16.6 Å². The Morgan fingerprint density at radius 1 is 1.35 bits per heavy atom. The molecule has 0 amide bonds. The van der Waals surface area contributed by atoms with Crippen LogP contribution >= 0.6 is 0 Å². The second kappa shape index (κ2) is 7.04. The summed E-state index contributed by atoms with van der Waals surface area (Å²) in [7, 11) is 1.91. The van der Waals surface area contributed by atoms with Gasteiger partial charge in [0.15, 0.2) is 5.65 Å². The maximum absolute atomic E-state index is 8.36. The first-order valence-corrected chi connectivity index (χ1v) is 7.43. The Morgan fingerprint density at radius 2 is 2.04 bits per heavy atom. The van der Waals surface area contributed by atoms with Gasteiger partial charge in [-0.3, -0.25) is 14.2 Å². The van der Waals surface area contributed by atoms with E-state index < -0.39 is 0 Å². The quantitative estimate of drug-likeness (QED) is 0.751. The number of carbonyl (C=O) groups is 1. The molecule has 0 spiro atoms. The standard InChI is InChI=1S/C15H19N5.CH2O2/c1-5-6-20-11(3)14-10(2)7-13(17-15(14)18-20)12-8-16-19(4)9-12;2-1-3/h7-9H,5-6H2,1-4H3;1H,(H,2,3). The molecule has 0 unspecified atom stereocenters. The van der Waals surface area contributed by atoms with Crippen LogP contribution in [0.1, 0.15) is 24.6 Å². The van der Waals surface area contributed by atoms with Crippen LogP contribution in [0.25, 0.3) is 22.3 Å². The molecule has 0 atom stereocenters. The minimum atomic E-state index is -0.250. The van der Waals surface area contributed by atoms with Gasteiger partial charge in [-0.15, -0.1) is 0 Å². The number of pyridine rings is 1. The number of aromatic nitrogens is 5. The molecule has 0 aliphatic heterocycles. The monoisotopic (exact) mass is 315 g/mol. The van der Waals surface area contributed by atoms with E-state index >= 15 is 0 Å². The van der Waals surface area contributed by atoms with Crippen LogP contribution in [0.2, 0.25) is 0 Å². The van der Waals surface area contributed by atoms with Crippen LogP contribution in [0.4, 0.5) is 0 Å². The molecule has 0 saturated heterocycles.